The molecular weight excluding hydrogens is 411 g/mol. The van der Waals surface area contributed by atoms with E-state index in [0.717, 1.165) is 55.5 Å². The largest absolute Gasteiger partial charge is 0.497 e. The van der Waals surface area contributed by atoms with Gasteiger partial charge in [0.1, 0.15) is 11.6 Å². The van der Waals surface area contributed by atoms with E-state index in [1.54, 1.807) is 19.2 Å². The van der Waals surface area contributed by atoms with Crippen molar-refractivity contribution in [1.82, 2.24) is 9.88 Å². The third-order valence-corrected chi connectivity index (χ3v) is 7.94. The summed E-state index contributed by atoms with van der Waals surface area (Å²) < 4.78 is 20.5. The molecule has 6 rings (SSSR count). The first kappa shape index (κ1) is 20.5. The number of rotatable bonds is 4. The number of hydrogen-bond acceptors (Lipinski definition) is 2. The van der Waals surface area contributed by atoms with E-state index in [1.165, 1.54) is 22.4 Å². The van der Waals surface area contributed by atoms with Gasteiger partial charge in [0.05, 0.1) is 7.11 Å². The predicted molar refractivity (Wildman–Crippen MR) is 130 cm³/mol. The highest BCUT2D eigenvalue weighted by Gasteiger charge is 2.48. The van der Waals surface area contributed by atoms with Crippen LogP contribution in [0.4, 0.5) is 4.39 Å². The van der Waals surface area contributed by atoms with Gasteiger partial charge < -0.3 is 9.72 Å². The van der Waals surface area contributed by atoms with Gasteiger partial charge in [0, 0.05) is 35.1 Å². The first-order chi connectivity index (χ1) is 16.2. The third kappa shape index (κ3) is 3.44. The van der Waals surface area contributed by atoms with E-state index in [2.05, 4.69) is 58.4 Å². The molecule has 33 heavy (non-hydrogen) atoms. The Hall–Kier alpha value is -3.11. The topological polar surface area (TPSA) is 28.3 Å². The molecule has 1 aromatic heterocycles. The summed E-state index contributed by atoms with van der Waals surface area (Å²) in [5, 5.41) is 0.784. The van der Waals surface area contributed by atoms with Crippen molar-refractivity contribution in [2.24, 2.45) is 5.92 Å². The second-order valence-electron chi connectivity index (χ2n) is 9.68. The summed E-state index contributed by atoms with van der Waals surface area (Å²) in [5.41, 5.74) is 6.00. The van der Waals surface area contributed by atoms with Gasteiger partial charge in [-0.1, -0.05) is 48.5 Å². The molecule has 4 aromatic rings. The Kier molecular flexibility index (Phi) is 4.99. The zero-order valence-corrected chi connectivity index (χ0v) is 19.0. The Bertz CT molecular complexity index is 1300. The molecule has 0 bridgehead atoms. The fourth-order valence-corrected chi connectivity index (χ4v) is 6.29. The molecule has 3 nitrogen and oxygen atoms in total. The minimum Gasteiger partial charge on any atom is -0.497 e. The Morgan fingerprint density at radius 2 is 1.91 bits per heavy atom. The lowest BCUT2D eigenvalue weighted by atomic mass is 9.58. The van der Waals surface area contributed by atoms with Crippen molar-refractivity contribution in [3.8, 4) is 5.75 Å². The number of hydrogen-bond donors (Lipinski definition) is 1. The molecule has 2 heterocycles. The van der Waals surface area contributed by atoms with Gasteiger partial charge in [-0.25, -0.2) is 4.39 Å². The highest BCUT2D eigenvalue weighted by Crippen LogP contribution is 2.50. The smallest absolute Gasteiger partial charge is 0.132 e. The van der Waals surface area contributed by atoms with Crippen LogP contribution in [0.5, 0.6) is 5.75 Å². The zero-order chi connectivity index (χ0) is 22.4. The molecule has 1 N–H and O–H groups in total. The lowest BCUT2D eigenvalue weighted by Crippen LogP contribution is -2.53. The van der Waals surface area contributed by atoms with Crippen LogP contribution in [0.25, 0.3) is 10.9 Å². The Labute approximate surface area is 194 Å². The van der Waals surface area contributed by atoms with E-state index in [9.17, 15) is 4.39 Å². The van der Waals surface area contributed by atoms with Crippen molar-refractivity contribution < 1.29 is 9.13 Å². The molecule has 168 valence electrons. The van der Waals surface area contributed by atoms with Crippen molar-refractivity contribution >= 4 is 10.9 Å². The van der Waals surface area contributed by atoms with E-state index in [-0.39, 0.29) is 11.2 Å². The van der Waals surface area contributed by atoms with Gasteiger partial charge >= 0.3 is 0 Å². The maximum Gasteiger partial charge on any atom is 0.132 e. The summed E-state index contributed by atoms with van der Waals surface area (Å²) in [6.07, 6.45) is 2.88. The highest BCUT2D eigenvalue weighted by molar-refractivity contribution is 5.85. The van der Waals surface area contributed by atoms with Crippen LogP contribution in [0.1, 0.15) is 28.8 Å². The molecule has 2 atom stereocenters. The maximum absolute atomic E-state index is 14.9. The first-order valence-corrected chi connectivity index (χ1v) is 11.8. The fraction of sp³-hybridized carbons (Fsp3) is 0.310. The molecule has 4 heteroatoms. The molecule has 3 aromatic carbocycles. The van der Waals surface area contributed by atoms with E-state index < -0.39 is 0 Å². The van der Waals surface area contributed by atoms with Gasteiger partial charge in [0.2, 0.25) is 0 Å². The van der Waals surface area contributed by atoms with Crippen LogP contribution in [0.3, 0.4) is 0 Å². The Morgan fingerprint density at radius 1 is 1.06 bits per heavy atom. The maximum atomic E-state index is 14.9. The van der Waals surface area contributed by atoms with Crippen molar-refractivity contribution in [1.29, 1.82) is 0 Å². The highest BCUT2D eigenvalue weighted by atomic mass is 19.1. The van der Waals surface area contributed by atoms with Crippen molar-refractivity contribution in [3.63, 3.8) is 0 Å². The quantitative estimate of drug-likeness (QED) is 0.430. The lowest BCUT2D eigenvalue weighted by Gasteiger charge is -2.51. The van der Waals surface area contributed by atoms with Gasteiger partial charge in [-0.15, -0.1) is 0 Å². The summed E-state index contributed by atoms with van der Waals surface area (Å²) in [7, 11) is 1.73. The molecule has 1 aliphatic carbocycles. The number of halogens is 1. The number of nitrogens with zero attached hydrogens (tertiary/aromatic N) is 1. The van der Waals surface area contributed by atoms with Gasteiger partial charge in [-0.3, -0.25) is 4.90 Å². The molecule has 1 fully saturated rings. The minimum absolute atomic E-state index is 0.0199. The summed E-state index contributed by atoms with van der Waals surface area (Å²) in [6.45, 7) is 3.01. The number of methoxy groups -OCH3 is 1. The lowest BCUT2D eigenvalue weighted by molar-refractivity contribution is 0.0764. The van der Waals surface area contributed by atoms with Crippen LogP contribution in [-0.2, 0) is 24.8 Å². The second kappa shape index (κ2) is 8.03. The van der Waals surface area contributed by atoms with E-state index in [0.29, 0.717) is 5.92 Å². The first-order valence-electron chi connectivity index (χ1n) is 11.8. The number of nitrogens with one attached hydrogen (secondary N) is 1. The normalized spacial score (nSPS) is 22.7. The SMILES string of the molecule is COc1cccc(C23CCN(Cc4ccccc4)CC2Cc2c([nH]c4cccc(F)c24)C3)c1. The molecule has 2 unspecified atom stereocenters. The van der Waals surface area contributed by atoms with Gasteiger partial charge in [-0.05, 0) is 72.7 Å². The average molecular weight is 441 g/mol. The number of aromatic nitrogens is 1. The summed E-state index contributed by atoms with van der Waals surface area (Å²) in [5.74, 6) is 1.20. The number of piperidine rings is 1. The van der Waals surface area contributed by atoms with E-state index in [1.807, 2.05) is 12.1 Å². The van der Waals surface area contributed by atoms with Crippen molar-refractivity contribution in [3.05, 3.63) is 101 Å². The van der Waals surface area contributed by atoms with Crippen LogP contribution in [0.2, 0.25) is 0 Å². The standard InChI is InChI=1S/C29H29FN2O/c1-33-23-10-5-9-21(15-23)29-13-14-32(18-20-7-3-2-4-8-20)19-22(29)16-24-27(17-29)31-26-12-6-11-25(30)28(24)26/h2-12,15,22,31H,13-14,16-19H2,1H3. The fourth-order valence-electron chi connectivity index (χ4n) is 6.29. The number of ether oxygens (including phenoxy) is 1. The van der Waals surface area contributed by atoms with Crippen LogP contribution in [-0.4, -0.2) is 30.1 Å². The summed E-state index contributed by atoms with van der Waals surface area (Å²) >= 11 is 0. The van der Waals surface area contributed by atoms with Crippen LogP contribution in [0.15, 0.2) is 72.8 Å². The molecule has 2 aliphatic rings. The van der Waals surface area contributed by atoms with Crippen LogP contribution >= 0.6 is 0 Å². The van der Waals surface area contributed by atoms with E-state index in [4.69, 9.17) is 4.74 Å². The molecule has 1 saturated heterocycles. The number of H-pyrrole nitrogens is 1. The second-order valence-corrected chi connectivity index (χ2v) is 9.68. The van der Waals surface area contributed by atoms with Crippen LogP contribution in [0, 0.1) is 11.7 Å². The van der Waals surface area contributed by atoms with Gasteiger partial charge in [0.15, 0.2) is 0 Å². The Morgan fingerprint density at radius 3 is 2.76 bits per heavy atom. The number of aromatic amines is 1. The molecule has 0 saturated carbocycles. The molecule has 1 aliphatic heterocycles. The van der Waals surface area contributed by atoms with Crippen molar-refractivity contribution in [2.45, 2.75) is 31.2 Å². The van der Waals surface area contributed by atoms with E-state index >= 15 is 0 Å². The van der Waals surface area contributed by atoms with Crippen LogP contribution < -0.4 is 4.74 Å². The average Bonchev–Trinajstić information content (AvgIpc) is 3.21. The predicted octanol–water partition coefficient (Wildman–Crippen LogP) is 5.87. The monoisotopic (exact) mass is 440 g/mol. The summed E-state index contributed by atoms with van der Waals surface area (Å²) in [6, 6.07) is 24.7. The minimum atomic E-state index is -0.115. The zero-order valence-electron chi connectivity index (χ0n) is 19.0. The molecule has 0 radical (unpaired) electrons. The van der Waals surface area contributed by atoms with Crippen molar-refractivity contribution in [2.75, 3.05) is 20.2 Å². The third-order valence-electron chi connectivity index (χ3n) is 7.94. The Balaban J connectivity index is 1.42. The molecule has 0 spiro atoms. The molecular formula is C29H29FN2O. The number of fused-ring (bicyclic) bond motifs is 4. The number of benzene rings is 3. The summed E-state index contributed by atoms with van der Waals surface area (Å²) in [4.78, 5) is 6.16. The van der Waals surface area contributed by atoms with Gasteiger partial charge in [0.25, 0.3) is 0 Å². The number of likely N-dealkylation sites (tertiary alicyclic amines) is 1. The van der Waals surface area contributed by atoms with Gasteiger partial charge in [-0.2, -0.15) is 0 Å². The molecule has 0 amide bonds.